The first kappa shape index (κ1) is 10.4. The lowest BCUT2D eigenvalue weighted by Gasteiger charge is -2.01. The zero-order valence-corrected chi connectivity index (χ0v) is 8.64. The van der Waals surface area contributed by atoms with Crippen molar-refractivity contribution < 1.29 is 14.3 Å². The number of carbonyl (C=O) groups is 1. The number of nitrogens with zero attached hydrogens (tertiary/aromatic N) is 1. The minimum atomic E-state index is -1.06. The summed E-state index contributed by atoms with van der Waals surface area (Å²) in [6.45, 7) is 0. The summed E-state index contributed by atoms with van der Waals surface area (Å²) in [5, 5.41) is 9.00. The van der Waals surface area contributed by atoms with Crippen LogP contribution < -0.4 is 0 Å². The van der Waals surface area contributed by atoms with Crippen molar-refractivity contribution in [3.05, 3.63) is 48.0 Å². The molecule has 0 fully saturated rings. The Morgan fingerprint density at radius 1 is 1.25 bits per heavy atom. The molecule has 2 aromatic rings. The molecule has 3 nitrogen and oxygen atoms in total. The second-order valence-electron chi connectivity index (χ2n) is 3.54. The van der Waals surface area contributed by atoms with Crippen molar-refractivity contribution in [2.45, 2.75) is 0 Å². The summed E-state index contributed by atoms with van der Waals surface area (Å²) in [4.78, 5) is 11.0. The van der Waals surface area contributed by atoms with Crippen molar-refractivity contribution >= 4 is 5.97 Å². The largest absolute Gasteiger partial charge is 0.478 e. The first-order chi connectivity index (χ1) is 7.59. The van der Waals surface area contributed by atoms with E-state index < -0.39 is 11.8 Å². The number of aryl methyl sites for hydroxylation is 1. The average Bonchev–Trinajstić information content (AvgIpc) is 2.61. The summed E-state index contributed by atoms with van der Waals surface area (Å²) in [6.07, 6.45) is 3.06. The van der Waals surface area contributed by atoms with E-state index >= 15 is 0 Å². The molecule has 0 saturated heterocycles. The summed E-state index contributed by atoms with van der Waals surface area (Å²) in [5.41, 5.74) is 0.807. The third kappa shape index (κ3) is 1.69. The molecule has 0 aliphatic heterocycles. The predicted molar refractivity (Wildman–Crippen MR) is 57.8 cm³/mol. The Bertz CT molecular complexity index is 546. The zero-order valence-electron chi connectivity index (χ0n) is 8.64. The van der Waals surface area contributed by atoms with E-state index in [1.54, 1.807) is 36.0 Å². The van der Waals surface area contributed by atoms with Gasteiger partial charge >= 0.3 is 5.97 Å². The van der Waals surface area contributed by atoms with Gasteiger partial charge in [0, 0.05) is 30.6 Å². The first-order valence-electron chi connectivity index (χ1n) is 4.74. The third-order valence-electron chi connectivity index (χ3n) is 2.35. The van der Waals surface area contributed by atoms with Gasteiger partial charge in [-0.1, -0.05) is 18.2 Å². The van der Waals surface area contributed by atoms with Crippen LogP contribution in [-0.2, 0) is 7.05 Å². The number of carboxylic acids is 1. The highest BCUT2D eigenvalue weighted by molar-refractivity contribution is 5.96. The van der Waals surface area contributed by atoms with Crippen LogP contribution in [0, 0.1) is 5.82 Å². The van der Waals surface area contributed by atoms with Gasteiger partial charge in [-0.15, -0.1) is 0 Å². The van der Waals surface area contributed by atoms with E-state index in [1.165, 1.54) is 12.3 Å². The van der Waals surface area contributed by atoms with Crippen LogP contribution in [0.3, 0.4) is 0 Å². The third-order valence-corrected chi connectivity index (χ3v) is 2.35. The smallest absolute Gasteiger partial charge is 0.337 e. The number of benzene rings is 1. The van der Waals surface area contributed by atoms with Gasteiger partial charge in [0.25, 0.3) is 0 Å². The maximum absolute atomic E-state index is 13.5. The quantitative estimate of drug-likeness (QED) is 0.843. The summed E-state index contributed by atoms with van der Waals surface area (Å²) < 4.78 is 15.1. The molecule has 1 N–H and O–H groups in total. The standard InChI is InChI=1S/C12H10FNO2/c1-14-6-9(10(7-14)12(15)16)8-4-2-3-5-11(8)13/h2-7H,1H3,(H,15,16). The van der Waals surface area contributed by atoms with Gasteiger partial charge in [-0.3, -0.25) is 0 Å². The molecule has 0 saturated carbocycles. The van der Waals surface area contributed by atoms with Gasteiger partial charge in [-0.25, -0.2) is 9.18 Å². The Hall–Kier alpha value is -2.10. The van der Waals surface area contributed by atoms with Crippen LogP contribution in [-0.4, -0.2) is 15.6 Å². The lowest BCUT2D eigenvalue weighted by atomic mass is 10.0. The fraction of sp³-hybridized carbons (Fsp3) is 0.0833. The highest BCUT2D eigenvalue weighted by atomic mass is 19.1. The number of aromatic nitrogens is 1. The maximum Gasteiger partial charge on any atom is 0.337 e. The lowest BCUT2D eigenvalue weighted by molar-refractivity contribution is 0.0697. The molecule has 82 valence electrons. The number of hydrogen-bond acceptors (Lipinski definition) is 1. The summed E-state index contributed by atoms with van der Waals surface area (Å²) in [7, 11) is 1.71. The van der Waals surface area contributed by atoms with Crippen molar-refractivity contribution in [1.82, 2.24) is 4.57 Å². The number of carboxylic acid groups (broad SMARTS) is 1. The van der Waals surface area contributed by atoms with E-state index in [1.807, 2.05) is 0 Å². The van der Waals surface area contributed by atoms with Gasteiger partial charge in [-0.2, -0.15) is 0 Å². The van der Waals surface area contributed by atoms with Crippen LogP contribution >= 0.6 is 0 Å². The Labute approximate surface area is 91.8 Å². The molecule has 16 heavy (non-hydrogen) atoms. The summed E-state index contributed by atoms with van der Waals surface area (Å²) in [5.74, 6) is -1.48. The Balaban J connectivity index is 2.64. The minimum absolute atomic E-state index is 0.104. The van der Waals surface area contributed by atoms with Crippen LogP contribution in [0.15, 0.2) is 36.7 Å². The zero-order chi connectivity index (χ0) is 11.7. The van der Waals surface area contributed by atoms with Crippen LogP contribution in [0.4, 0.5) is 4.39 Å². The van der Waals surface area contributed by atoms with E-state index in [-0.39, 0.29) is 5.56 Å². The minimum Gasteiger partial charge on any atom is -0.478 e. The van der Waals surface area contributed by atoms with E-state index in [2.05, 4.69) is 0 Å². The molecule has 0 bridgehead atoms. The molecule has 0 aliphatic rings. The molecule has 0 amide bonds. The second kappa shape index (κ2) is 3.81. The molecular formula is C12H10FNO2. The average molecular weight is 219 g/mol. The van der Waals surface area contributed by atoms with E-state index in [0.29, 0.717) is 11.1 Å². The van der Waals surface area contributed by atoms with Gasteiger partial charge < -0.3 is 9.67 Å². The topological polar surface area (TPSA) is 42.2 Å². The molecule has 1 aromatic carbocycles. The van der Waals surface area contributed by atoms with Crippen molar-refractivity contribution in [3.63, 3.8) is 0 Å². The fourth-order valence-corrected chi connectivity index (χ4v) is 1.65. The second-order valence-corrected chi connectivity index (χ2v) is 3.54. The lowest BCUT2D eigenvalue weighted by Crippen LogP contribution is -1.97. The highest BCUT2D eigenvalue weighted by Crippen LogP contribution is 2.26. The van der Waals surface area contributed by atoms with E-state index in [0.717, 1.165) is 0 Å². The van der Waals surface area contributed by atoms with Gasteiger partial charge in [0.1, 0.15) is 5.82 Å². The van der Waals surface area contributed by atoms with Gasteiger partial charge in [0.2, 0.25) is 0 Å². The Morgan fingerprint density at radius 3 is 2.56 bits per heavy atom. The molecule has 0 unspecified atom stereocenters. The van der Waals surface area contributed by atoms with Crippen LogP contribution in [0.1, 0.15) is 10.4 Å². The van der Waals surface area contributed by atoms with Gasteiger partial charge in [-0.05, 0) is 6.07 Å². The van der Waals surface area contributed by atoms with E-state index in [9.17, 15) is 9.18 Å². The number of rotatable bonds is 2. The van der Waals surface area contributed by atoms with Gasteiger partial charge in [0.15, 0.2) is 0 Å². The molecule has 2 rings (SSSR count). The van der Waals surface area contributed by atoms with Crippen molar-refractivity contribution in [2.24, 2.45) is 7.05 Å². The van der Waals surface area contributed by atoms with Crippen LogP contribution in [0.2, 0.25) is 0 Å². The highest BCUT2D eigenvalue weighted by Gasteiger charge is 2.16. The molecule has 1 aromatic heterocycles. The fourth-order valence-electron chi connectivity index (χ4n) is 1.65. The molecule has 0 radical (unpaired) electrons. The molecule has 0 spiro atoms. The number of hydrogen-bond donors (Lipinski definition) is 1. The predicted octanol–water partition coefficient (Wildman–Crippen LogP) is 2.53. The summed E-state index contributed by atoms with van der Waals surface area (Å²) in [6, 6.07) is 6.13. The molecule has 4 heteroatoms. The molecular weight excluding hydrogens is 209 g/mol. The van der Waals surface area contributed by atoms with Crippen molar-refractivity contribution in [2.75, 3.05) is 0 Å². The Kier molecular flexibility index (Phi) is 2.48. The maximum atomic E-state index is 13.5. The normalized spacial score (nSPS) is 10.4. The number of aromatic carboxylic acids is 1. The van der Waals surface area contributed by atoms with E-state index in [4.69, 9.17) is 5.11 Å². The van der Waals surface area contributed by atoms with Crippen molar-refractivity contribution in [1.29, 1.82) is 0 Å². The first-order valence-corrected chi connectivity index (χ1v) is 4.74. The SMILES string of the molecule is Cn1cc(C(=O)O)c(-c2ccccc2F)c1. The van der Waals surface area contributed by atoms with Crippen LogP contribution in [0.5, 0.6) is 0 Å². The summed E-state index contributed by atoms with van der Waals surface area (Å²) >= 11 is 0. The molecule has 0 aliphatic carbocycles. The van der Waals surface area contributed by atoms with Crippen LogP contribution in [0.25, 0.3) is 11.1 Å². The monoisotopic (exact) mass is 219 g/mol. The van der Waals surface area contributed by atoms with Gasteiger partial charge in [0.05, 0.1) is 5.56 Å². The number of halogens is 1. The Morgan fingerprint density at radius 2 is 1.94 bits per heavy atom. The molecule has 0 atom stereocenters. The molecule has 1 heterocycles. The van der Waals surface area contributed by atoms with Crippen molar-refractivity contribution in [3.8, 4) is 11.1 Å².